The number of thiophene rings is 1. The first-order chi connectivity index (χ1) is 9.88. The van der Waals surface area contributed by atoms with Gasteiger partial charge in [0.2, 0.25) is 5.91 Å². The molecule has 2 N–H and O–H groups in total. The monoisotopic (exact) mass is 392 g/mol. The number of rotatable bonds is 6. The van der Waals surface area contributed by atoms with Crippen LogP contribution in [0.5, 0.6) is 0 Å². The number of furan rings is 1. The average Bonchev–Trinajstić information content (AvgIpc) is 3.06. The van der Waals surface area contributed by atoms with Crippen molar-refractivity contribution in [3.63, 3.8) is 0 Å². The van der Waals surface area contributed by atoms with Gasteiger partial charge in [0.15, 0.2) is 0 Å². The van der Waals surface area contributed by atoms with Crippen molar-refractivity contribution in [1.29, 1.82) is 0 Å². The largest absolute Gasteiger partial charge is 0.467 e. The molecule has 2 aromatic heterocycles. The topological polar surface area (TPSA) is 88.4 Å². The summed E-state index contributed by atoms with van der Waals surface area (Å²) in [4.78, 5) is 11.9. The predicted molar refractivity (Wildman–Crippen MR) is 82.4 cm³/mol. The second-order valence-electron chi connectivity index (χ2n) is 4.20. The van der Waals surface area contributed by atoms with Crippen molar-refractivity contribution in [3.05, 3.63) is 40.1 Å². The van der Waals surface area contributed by atoms with Crippen molar-refractivity contribution in [3.8, 4) is 0 Å². The van der Waals surface area contributed by atoms with Gasteiger partial charge in [0.1, 0.15) is 9.97 Å². The number of carbonyl (C=O) groups excluding carboxylic acids is 1. The fourth-order valence-electron chi connectivity index (χ4n) is 1.53. The van der Waals surface area contributed by atoms with Crippen LogP contribution in [0.4, 0.5) is 0 Å². The molecule has 1 amide bonds. The van der Waals surface area contributed by atoms with Gasteiger partial charge < -0.3 is 9.73 Å². The van der Waals surface area contributed by atoms with E-state index in [2.05, 4.69) is 26.0 Å². The molecule has 0 aliphatic rings. The lowest BCUT2D eigenvalue weighted by atomic mass is 10.3. The summed E-state index contributed by atoms with van der Waals surface area (Å²) in [6.45, 7) is 1.69. The van der Waals surface area contributed by atoms with E-state index in [0.717, 1.165) is 11.3 Å². The van der Waals surface area contributed by atoms with E-state index in [1.807, 2.05) is 0 Å². The molecule has 2 aromatic rings. The van der Waals surface area contributed by atoms with Gasteiger partial charge in [-0.2, -0.15) is 4.72 Å². The molecule has 114 valence electrons. The molecule has 0 bridgehead atoms. The van der Waals surface area contributed by atoms with Crippen LogP contribution in [0.25, 0.3) is 0 Å². The standard InChI is InChI=1S/C12H13BrN2O4S2/c1-8(12(16)14-7-9-3-2-6-19-9)15-21(17,18)11-5-4-10(13)20-11/h2-6,8,15H,7H2,1H3,(H,14,16)/t8-/m0/s1. The number of nitrogens with one attached hydrogen (secondary N) is 2. The smallest absolute Gasteiger partial charge is 0.250 e. The molecular weight excluding hydrogens is 380 g/mol. The van der Waals surface area contributed by atoms with E-state index in [9.17, 15) is 13.2 Å². The lowest BCUT2D eigenvalue weighted by molar-refractivity contribution is -0.122. The SMILES string of the molecule is C[C@H](NS(=O)(=O)c1ccc(Br)s1)C(=O)NCc1ccco1. The Labute approximate surface area is 134 Å². The van der Waals surface area contributed by atoms with Gasteiger partial charge in [0, 0.05) is 0 Å². The Morgan fingerprint density at radius 3 is 2.76 bits per heavy atom. The van der Waals surface area contributed by atoms with Crippen LogP contribution >= 0.6 is 27.3 Å². The maximum Gasteiger partial charge on any atom is 0.250 e. The fourth-order valence-corrected chi connectivity index (χ4v) is 4.76. The van der Waals surface area contributed by atoms with Crippen molar-refractivity contribution in [2.45, 2.75) is 23.7 Å². The molecule has 21 heavy (non-hydrogen) atoms. The third kappa shape index (κ3) is 4.40. The normalized spacial score (nSPS) is 13.0. The number of halogens is 1. The summed E-state index contributed by atoms with van der Waals surface area (Å²) in [5, 5.41) is 2.60. The Kier molecular flexibility index (Phi) is 5.20. The third-order valence-corrected chi connectivity index (χ3v) is 6.21. The molecule has 9 heteroatoms. The summed E-state index contributed by atoms with van der Waals surface area (Å²) < 4.78 is 32.4. The van der Waals surface area contributed by atoms with Crippen LogP contribution in [0.1, 0.15) is 12.7 Å². The molecule has 0 aliphatic heterocycles. The first-order valence-electron chi connectivity index (χ1n) is 5.96. The Bertz CT molecular complexity index is 709. The summed E-state index contributed by atoms with van der Waals surface area (Å²) in [5.41, 5.74) is 0. The first kappa shape index (κ1) is 16.2. The highest BCUT2D eigenvalue weighted by molar-refractivity contribution is 9.11. The average molecular weight is 393 g/mol. The highest BCUT2D eigenvalue weighted by Gasteiger charge is 2.23. The zero-order valence-corrected chi connectivity index (χ0v) is 14.2. The molecule has 0 fully saturated rings. The van der Waals surface area contributed by atoms with Gasteiger partial charge in [-0.25, -0.2) is 8.42 Å². The molecule has 2 rings (SSSR count). The van der Waals surface area contributed by atoms with Crippen molar-refractivity contribution in [2.24, 2.45) is 0 Å². The number of hydrogen-bond donors (Lipinski definition) is 2. The predicted octanol–water partition coefficient (Wildman–Crippen LogP) is 2.09. The van der Waals surface area contributed by atoms with Crippen molar-refractivity contribution >= 4 is 43.2 Å². The zero-order valence-electron chi connectivity index (χ0n) is 11.0. The minimum absolute atomic E-state index is 0.153. The van der Waals surface area contributed by atoms with Gasteiger partial charge in [-0.1, -0.05) is 0 Å². The minimum Gasteiger partial charge on any atom is -0.467 e. The molecule has 0 radical (unpaired) electrons. The van der Waals surface area contributed by atoms with Crippen LogP contribution < -0.4 is 10.0 Å². The fraction of sp³-hybridized carbons (Fsp3) is 0.250. The van der Waals surface area contributed by atoms with Gasteiger partial charge in [-0.15, -0.1) is 11.3 Å². The van der Waals surface area contributed by atoms with Crippen LogP contribution in [0, 0.1) is 0 Å². The molecule has 0 unspecified atom stereocenters. The Hall–Kier alpha value is -1.16. The molecular formula is C12H13BrN2O4S2. The molecule has 1 atom stereocenters. The second-order valence-corrected chi connectivity index (χ2v) is 8.60. The molecule has 6 nitrogen and oxygen atoms in total. The molecule has 0 spiro atoms. The van der Waals surface area contributed by atoms with Crippen molar-refractivity contribution < 1.29 is 17.6 Å². The zero-order chi connectivity index (χ0) is 15.5. The van der Waals surface area contributed by atoms with Crippen LogP contribution in [0.15, 0.2) is 42.9 Å². The molecule has 0 aromatic carbocycles. The molecule has 2 heterocycles. The lowest BCUT2D eigenvalue weighted by Crippen LogP contribution is -2.44. The van der Waals surface area contributed by atoms with Gasteiger partial charge in [0.25, 0.3) is 10.0 Å². The van der Waals surface area contributed by atoms with Crippen LogP contribution in [-0.2, 0) is 21.4 Å². The maximum atomic E-state index is 12.1. The van der Waals surface area contributed by atoms with Gasteiger partial charge in [0.05, 0.1) is 22.6 Å². The quantitative estimate of drug-likeness (QED) is 0.787. The molecule has 0 saturated heterocycles. The number of sulfonamides is 1. The van der Waals surface area contributed by atoms with E-state index < -0.39 is 22.0 Å². The summed E-state index contributed by atoms with van der Waals surface area (Å²) in [6, 6.07) is 5.66. The Balaban J connectivity index is 1.93. The van der Waals surface area contributed by atoms with Crippen molar-refractivity contribution in [1.82, 2.24) is 10.0 Å². The van der Waals surface area contributed by atoms with E-state index in [1.54, 1.807) is 18.2 Å². The van der Waals surface area contributed by atoms with Crippen LogP contribution in [0.2, 0.25) is 0 Å². The summed E-state index contributed by atoms with van der Waals surface area (Å²) in [6.07, 6.45) is 1.50. The van der Waals surface area contributed by atoms with E-state index in [1.165, 1.54) is 19.3 Å². The minimum atomic E-state index is -3.70. The number of carbonyl (C=O) groups is 1. The summed E-state index contributed by atoms with van der Waals surface area (Å²) >= 11 is 4.28. The molecule has 0 saturated carbocycles. The van der Waals surface area contributed by atoms with E-state index >= 15 is 0 Å². The first-order valence-corrected chi connectivity index (χ1v) is 9.05. The summed E-state index contributed by atoms with van der Waals surface area (Å²) in [7, 11) is -3.70. The van der Waals surface area contributed by atoms with E-state index in [0.29, 0.717) is 9.55 Å². The highest BCUT2D eigenvalue weighted by atomic mass is 79.9. The third-order valence-electron chi connectivity index (χ3n) is 2.56. The highest BCUT2D eigenvalue weighted by Crippen LogP contribution is 2.25. The van der Waals surface area contributed by atoms with Crippen molar-refractivity contribution in [2.75, 3.05) is 0 Å². The van der Waals surface area contributed by atoms with Gasteiger partial charge in [-0.3, -0.25) is 4.79 Å². The van der Waals surface area contributed by atoms with E-state index in [-0.39, 0.29) is 10.8 Å². The van der Waals surface area contributed by atoms with Gasteiger partial charge >= 0.3 is 0 Å². The number of hydrogen-bond acceptors (Lipinski definition) is 5. The molecule has 0 aliphatic carbocycles. The Morgan fingerprint density at radius 1 is 1.43 bits per heavy atom. The number of amides is 1. The van der Waals surface area contributed by atoms with Gasteiger partial charge in [-0.05, 0) is 47.1 Å². The van der Waals surface area contributed by atoms with Crippen LogP contribution in [-0.4, -0.2) is 20.4 Å². The Morgan fingerprint density at radius 2 is 2.19 bits per heavy atom. The van der Waals surface area contributed by atoms with Crippen LogP contribution in [0.3, 0.4) is 0 Å². The van der Waals surface area contributed by atoms with E-state index in [4.69, 9.17) is 4.42 Å². The maximum absolute atomic E-state index is 12.1. The lowest BCUT2D eigenvalue weighted by Gasteiger charge is -2.13. The second kappa shape index (κ2) is 6.73. The summed E-state index contributed by atoms with van der Waals surface area (Å²) in [5.74, 6) is 0.172.